The number of unbranched alkanes of at least 4 members (excludes halogenated alkanes) is 2. The van der Waals surface area contributed by atoms with Crippen molar-refractivity contribution in [2.45, 2.75) is 65.3 Å². The minimum absolute atomic E-state index is 0.182. The highest BCUT2D eigenvalue weighted by Crippen LogP contribution is 2.07. The van der Waals surface area contributed by atoms with Gasteiger partial charge in [0.2, 0.25) is 0 Å². The van der Waals surface area contributed by atoms with Gasteiger partial charge in [-0.3, -0.25) is 0 Å². The zero-order valence-electron chi connectivity index (χ0n) is 8.55. The second kappa shape index (κ2) is 7.56. The predicted molar refractivity (Wildman–Crippen MR) is 51.0 cm³/mol. The van der Waals surface area contributed by atoms with Crippen molar-refractivity contribution in [1.82, 2.24) is 0 Å². The molecule has 2 heteroatoms. The second-order valence-electron chi connectivity index (χ2n) is 3.31. The van der Waals surface area contributed by atoms with Crippen LogP contribution in [0.1, 0.15) is 52.9 Å². The van der Waals surface area contributed by atoms with E-state index in [9.17, 15) is 5.11 Å². The molecule has 2 atom stereocenters. The lowest BCUT2D eigenvalue weighted by Gasteiger charge is -2.16. The maximum absolute atomic E-state index is 9.36. The van der Waals surface area contributed by atoms with Gasteiger partial charge in [0.25, 0.3) is 0 Å². The van der Waals surface area contributed by atoms with Gasteiger partial charge in [0.15, 0.2) is 6.29 Å². The van der Waals surface area contributed by atoms with Crippen molar-refractivity contribution >= 4 is 0 Å². The minimum Gasteiger partial charge on any atom is -0.368 e. The lowest BCUT2D eigenvalue weighted by Crippen LogP contribution is -2.18. The molecule has 0 aliphatic rings. The molecular formula is C10H22O2. The van der Waals surface area contributed by atoms with Gasteiger partial charge in [0, 0.05) is 0 Å². The van der Waals surface area contributed by atoms with E-state index in [2.05, 4.69) is 13.8 Å². The smallest absolute Gasteiger partial charge is 0.154 e. The Morgan fingerprint density at radius 3 is 2.42 bits per heavy atom. The third-order valence-corrected chi connectivity index (χ3v) is 2.02. The predicted octanol–water partition coefficient (Wildman–Crippen LogP) is 2.70. The van der Waals surface area contributed by atoms with E-state index in [0.717, 1.165) is 19.3 Å². The van der Waals surface area contributed by atoms with Crippen molar-refractivity contribution in [3.05, 3.63) is 0 Å². The Balaban J connectivity index is 3.26. The Morgan fingerprint density at radius 1 is 1.25 bits per heavy atom. The molecule has 74 valence electrons. The van der Waals surface area contributed by atoms with E-state index in [1.54, 1.807) is 0 Å². The average Bonchev–Trinajstić information content (AvgIpc) is 2.05. The molecule has 0 amide bonds. The summed E-state index contributed by atoms with van der Waals surface area (Å²) in [6.07, 6.45) is 4.81. The molecule has 0 saturated carbocycles. The van der Waals surface area contributed by atoms with Crippen LogP contribution in [-0.4, -0.2) is 17.5 Å². The quantitative estimate of drug-likeness (QED) is 0.475. The summed E-state index contributed by atoms with van der Waals surface area (Å²) in [6, 6.07) is 0. The van der Waals surface area contributed by atoms with Gasteiger partial charge in [-0.05, 0) is 26.2 Å². The SMILES string of the molecule is CCCCCC(O)OC(C)CC. The molecule has 0 fully saturated rings. The molecule has 0 heterocycles. The molecular weight excluding hydrogens is 152 g/mol. The highest BCUT2D eigenvalue weighted by atomic mass is 16.6. The third kappa shape index (κ3) is 6.62. The summed E-state index contributed by atoms with van der Waals surface area (Å²) in [4.78, 5) is 0. The molecule has 0 saturated heterocycles. The van der Waals surface area contributed by atoms with Crippen LogP contribution >= 0.6 is 0 Å². The Hall–Kier alpha value is -0.0800. The zero-order valence-corrected chi connectivity index (χ0v) is 8.55. The highest BCUT2D eigenvalue weighted by molar-refractivity contribution is 4.49. The van der Waals surface area contributed by atoms with Crippen LogP contribution in [0.2, 0.25) is 0 Å². The van der Waals surface area contributed by atoms with Crippen LogP contribution in [0.4, 0.5) is 0 Å². The molecule has 0 aliphatic carbocycles. The fourth-order valence-electron chi connectivity index (χ4n) is 1.00. The summed E-state index contributed by atoms with van der Waals surface area (Å²) in [6.45, 7) is 6.20. The standard InChI is InChI=1S/C10H22O2/c1-4-6-7-8-10(11)12-9(3)5-2/h9-11H,4-8H2,1-3H3. The summed E-state index contributed by atoms with van der Waals surface area (Å²) in [5.74, 6) is 0. The molecule has 2 nitrogen and oxygen atoms in total. The first-order chi connectivity index (χ1) is 5.70. The zero-order chi connectivity index (χ0) is 9.40. The van der Waals surface area contributed by atoms with Gasteiger partial charge < -0.3 is 9.84 Å². The van der Waals surface area contributed by atoms with E-state index in [1.807, 2.05) is 6.92 Å². The van der Waals surface area contributed by atoms with Crippen molar-refractivity contribution in [2.75, 3.05) is 0 Å². The maximum Gasteiger partial charge on any atom is 0.154 e. The molecule has 0 rings (SSSR count). The van der Waals surface area contributed by atoms with E-state index < -0.39 is 6.29 Å². The van der Waals surface area contributed by atoms with Gasteiger partial charge in [-0.25, -0.2) is 0 Å². The first-order valence-corrected chi connectivity index (χ1v) is 5.04. The molecule has 0 aromatic carbocycles. The first kappa shape index (κ1) is 11.9. The summed E-state index contributed by atoms with van der Waals surface area (Å²) < 4.78 is 5.30. The van der Waals surface area contributed by atoms with Gasteiger partial charge in [0.05, 0.1) is 6.10 Å². The molecule has 0 bridgehead atoms. The number of hydrogen-bond donors (Lipinski definition) is 1. The number of ether oxygens (including phenoxy) is 1. The largest absolute Gasteiger partial charge is 0.368 e. The number of aliphatic hydroxyl groups excluding tert-OH is 1. The van der Waals surface area contributed by atoms with Crippen molar-refractivity contribution in [1.29, 1.82) is 0 Å². The second-order valence-corrected chi connectivity index (χ2v) is 3.31. The van der Waals surface area contributed by atoms with Crippen LogP contribution in [0.25, 0.3) is 0 Å². The number of hydrogen-bond acceptors (Lipinski definition) is 2. The van der Waals surface area contributed by atoms with E-state index in [4.69, 9.17) is 4.74 Å². The van der Waals surface area contributed by atoms with Gasteiger partial charge in [-0.2, -0.15) is 0 Å². The topological polar surface area (TPSA) is 29.5 Å². The fraction of sp³-hybridized carbons (Fsp3) is 1.00. The Morgan fingerprint density at radius 2 is 1.92 bits per heavy atom. The van der Waals surface area contributed by atoms with Crippen molar-refractivity contribution in [3.8, 4) is 0 Å². The van der Waals surface area contributed by atoms with Crippen molar-refractivity contribution in [3.63, 3.8) is 0 Å². The Kier molecular flexibility index (Phi) is 7.51. The van der Waals surface area contributed by atoms with Crippen LogP contribution in [0.15, 0.2) is 0 Å². The van der Waals surface area contributed by atoms with E-state index in [0.29, 0.717) is 0 Å². The van der Waals surface area contributed by atoms with Gasteiger partial charge in [-0.1, -0.05) is 26.7 Å². The fourth-order valence-corrected chi connectivity index (χ4v) is 1.00. The summed E-state index contributed by atoms with van der Waals surface area (Å²) in [5.41, 5.74) is 0. The average molecular weight is 174 g/mol. The van der Waals surface area contributed by atoms with Crippen molar-refractivity contribution < 1.29 is 9.84 Å². The molecule has 0 radical (unpaired) electrons. The van der Waals surface area contributed by atoms with Crippen LogP contribution in [-0.2, 0) is 4.74 Å². The molecule has 1 N–H and O–H groups in total. The van der Waals surface area contributed by atoms with Gasteiger partial charge in [-0.15, -0.1) is 0 Å². The van der Waals surface area contributed by atoms with Gasteiger partial charge in [0.1, 0.15) is 0 Å². The normalized spacial score (nSPS) is 16.0. The lowest BCUT2D eigenvalue weighted by molar-refractivity contribution is -0.135. The van der Waals surface area contributed by atoms with Gasteiger partial charge >= 0.3 is 0 Å². The highest BCUT2D eigenvalue weighted by Gasteiger charge is 2.07. The summed E-state index contributed by atoms with van der Waals surface area (Å²) >= 11 is 0. The molecule has 0 aromatic rings. The van der Waals surface area contributed by atoms with Crippen LogP contribution in [0.5, 0.6) is 0 Å². The Bertz CT molecular complexity index is 93.8. The van der Waals surface area contributed by atoms with Crippen LogP contribution < -0.4 is 0 Å². The number of rotatable bonds is 7. The summed E-state index contributed by atoms with van der Waals surface area (Å²) in [5, 5.41) is 9.36. The minimum atomic E-state index is -0.550. The van der Waals surface area contributed by atoms with Crippen LogP contribution in [0.3, 0.4) is 0 Å². The monoisotopic (exact) mass is 174 g/mol. The molecule has 12 heavy (non-hydrogen) atoms. The first-order valence-electron chi connectivity index (χ1n) is 5.04. The van der Waals surface area contributed by atoms with E-state index >= 15 is 0 Å². The molecule has 0 spiro atoms. The number of aliphatic hydroxyl groups is 1. The molecule has 0 aliphatic heterocycles. The third-order valence-electron chi connectivity index (χ3n) is 2.02. The van der Waals surface area contributed by atoms with Crippen LogP contribution in [0, 0.1) is 0 Å². The lowest BCUT2D eigenvalue weighted by atomic mass is 10.2. The van der Waals surface area contributed by atoms with E-state index in [-0.39, 0.29) is 6.10 Å². The van der Waals surface area contributed by atoms with E-state index in [1.165, 1.54) is 12.8 Å². The molecule has 2 unspecified atom stereocenters. The maximum atomic E-state index is 9.36. The molecule has 0 aromatic heterocycles. The Labute approximate surface area is 75.9 Å². The van der Waals surface area contributed by atoms with Crippen molar-refractivity contribution in [2.24, 2.45) is 0 Å². The summed E-state index contributed by atoms with van der Waals surface area (Å²) in [7, 11) is 0.